The van der Waals surface area contributed by atoms with Gasteiger partial charge in [0.1, 0.15) is 0 Å². The first kappa shape index (κ1) is 18.0. The lowest BCUT2D eigenvalue weighted by Crippen LogP contribution is -2.44. The summed E-state index contributed by atoms with van der Waals surface area (Å²) in [7, 11) is 4.19. The molecule has 108 valence electrons. The molecule has 0 aromatic carbocycles. The molecule has 0 heterocycles. The van der Waals surface area contributed by atoms with E-state index in [1.54, 1.807) is 0 Å². The lowest BCUT2D eigenvalue weighted by molar-refractivity contribution is 0.204. The number of guanidine groups is 1. The molecule has 0 aromatic rings. The van der Waals surface area contributed by atoms with E-state index in [1.807, 2.05) is 0 Å². The predicted octanol–water partition coefficient (Wildman–Crippen LogP) is 1.91. The third-order valence-corrected chi connectivity index (χ3v) is 3.61. The zero-order chi connectivity index (χ0) is 13.1. The molecule has 0 bridgehead atoms. The van der Waals surface area contributed by atoms with Crippen LogP contribution in [0.5, 0.6) is 0 Å². The third kappa shape index (κ3) is 5.73. The first-order valence-corrected chi connectivity index (χ1v) is 6.59. The van der Waals surface area contributed by atoms with Crippen molar-refractivity contribution in [1.82, 2.24) is 15.5 Å². The van der Waals surface area contributed by atoms with Gasteiger partial charge in [-0.2, -0.15) is 0 Å². The van der Waals surface area contributed by atoms with Gasteiger partial charge in [-0.05, 0) is 47.2 Å². The Morgan fingerprint density at radius 1 is 1.39 bits per heavy atom. The van der Waals surface area contributed by atoms with Crippen molar-refractivity contribution in [3.63, 3.8) is 0 Å². The second kappa shape index (κ2) is 7.53. The Kier molecular flexibility index (Phi) is 7.51. The SMILES string of the molecule is CCNC(=NCC(C)(C)N(C)C)NC1CC1C.I. The van der Waals surface area contributed by atoms with Crippen LogP contribution in [0, 0.1) is 5.92 Å². The maximum absolute atomic E-state index is 4.67. The lowest BCUT2D eigenvalue weighted by atomic mass is 10.1. The van der Waals surface area contributed by atoms with Crippen LogP contribution in [0.3, 0.4) is 0 Å². The van der Waals surface area contributed by atoms with Gasteiger partial charge in [-0.15, -0.1) is 24.0 Å². The summed E-state index contributed by atoms with van der Waals surface area (Å²) in [6.45, 7) is 10.5. The van der Waals surface area contributed by atoms with Crippen LogP contribution in [0.25, 0.3) is 0 Å². The topological polar surface area (TPSA) is 39.7 Å². The van der Waals surface area contributed by atoms with Crippen molar-refractivity contribution < 1.29 is 0 Å². The second-order valence-electron chi connectivity index (χ2n) is 5.87. The molecular formula is C13H29IN4. The molecular weight excluding hydrogens is 339 g/mol. The van der Waals surface area contributed by atoms with Crippen LogP contribution in [0.1, 0.15) is 34.1 Å². The highest BCUT2D eigenvalue weighted by molar-refractivity contribution is 14.0. The van der Waals surface area contributed by atoms with Crippen molar-refractivity contribution >= 4 is 29.9 Å². The first-order valence-electron chi connectivity index (χ1n) is 6.59. The molecule has 0 aromatic heterocycles. The molecule has 5 heteroatoms. The van der Waals surface area contributed by atoms with Crippen molar-refractivity contribution in [3.05, 3.63) is 0 Å². The first-order chi connectivity index (χ1) is 7.86. The van der Waals surface area contributed by atoms with Crippen molar-refractivity contribution in [1.29, 1.82) is 0 Å². The highest BCUT2D eigenvalue weighted by atomic mass is 127. The number of halogens is 1. The van der Waals surface area contributed by atoms with E-state index in [4.69, 9.17) is 0 Å². The molecule has 0 aliphatic heterocycles. The fourth-order valence-electron chi connectivity index (χ4n) is 1.43. The number of likely N-dealkylation sites (N-methyl/N-ethyl adjacent to an activating group) is 1. The van der Waals surface area contributed by atoms with Crippen LogP contribution in [0.4, 0.5) is 0 Å². The van der Waals surface area contributed by atoms with Crippen LogP contribution in [-0.4, -0.2) is 49.6 Å². The van der Waals surface area contributed by atoms with E-state index in [9.17, 15) is 0 Å². The highest BCUT2D eigenvalue weighted by Crippen LogP contribution is 2.28. The summed E-state index contributed by atoms with van der Waals surface area (Å²) in [6.07, 6.45) is 1.27. The Bertz CT molecular complexity index is 276. The van der Waals surface area contributed by atoms with E-state index in [-0.39, 0.29) is 29.5 Å². The van der Waals surface area contributed by atoms with E-state index < -0.39 is 0 Å². The largest absolute Gasteiger partial charge is 0.357 e. The van der Waals surface area contributed by atoms with Gasteiger partial charge < -0.3 is 15.5 Å². The normalized spacial score (nSPS) is 23.6. The average molecular weight is 368 g/mol. The number of hydrogen-bond acceptors (Lipinski definition) is 2. The molecule has 1 fully saturated rings. The number of nitrogens with one attached hydrogen (secondary N) is 2. The van der Waals surface area contributed by atoms with E-state index in [1.165, 1.54) is 6.42 Å². The molecule has 1 aliphatic carbocycles. The van der Waals surface area contributed by atoms with Gasteiger partial charge in [0.05, 0.1) is 6.54 Å². The summed E-state index contributed by atoms with van der Waals surface area (Å²) in [4.78, 5) is 6.88. The molecule has 0 radical (unpaired) electrons. The third-order valence-electron chi connectivity index (χ3n) is 3.61. The van der Waals surface area contributed by atoms with Gasteiger partial charge in [0.25, 0.3) is 0 Å². The maximum Gasteiger partial charge on any atom is 0.191 e. The summed E-state index contributed by atoms with van der Waals surface area (Å²) in [5.41, 5.74) is 0.0948. The molecule has 18 heavy (non-hydrogen) atoms. The molecule has 1 rings (SSSR count). The molecule has 0 saturated heterocycles. The molecule has 0 spiro atoms. The Balaban J connectivity index is 0.00000289. The standard InChI is InChI=1S/C13H28N4.HI/c1-7-14-12(16-11-8-10(11)2)15-9-13(3,4)17(5)6;/h10-11H,7-9H2,1-6H3,(H2,14,15,16);1H. The smallest absolute Gasteiger partial charge is 0.191 e. The maximum atomic E-state index is 4.67. The Labute approximate surface area is 129 Å². The van der Waals surface area contributed by atoms with Gasteiger partial charge in [-0.3, -0.25) is 4.99 Å². The number of hydrogen-bond donors (Lipinski definition) is 2. The van der Waals surface area contributed by atoms with E-state index in [2.05, 4.69) is 62.3 Å². The minimum Gasteiger partial charge on any atom is -0.357 e. The summed E-state index contributed by atoms with van der Waals surface area (Å²) in [6, 6.07) is 0.621. The van der Waals surface area contributed by atoms with Gasteiger partial charge in [0.2, 0.25) is 0 Å². The fraction of sp³-hybridized carbons (Fsp3) is 0.923. The van der Waals surface area contributed by atoms with Gasteiger partial charge in [0.15, 0.2) is 5.96 Å². The summed E-state index contributed by atoms with van der Waals surface area (Å²) in [5.74, 6) is 1.75. The van der Waals surface area contributed by atoms with Gasteiger partial charge in [-0.1, -0.05) is 6.92 Å². The van der Waals surface area contributed by atoms with Crippen molar-refractivity contribution in [2.75, 3.05) is 27.2 Å². The Morgan fingerprint density at radius 3 is 2.33 bits per heavy atom. The molecule has 1 aliphatic rings. The summed E-state index contributed by atoms with van der Waals surface area (Å²) in [5, 5.41) is 6.78. The minimum absolute atomic E-state index is 0. The quantitative estimate of drug-likeness (QED) is 0.443. The molecule has 2 unspecified atom stereocenters. The number of aliphatic imine (C=N–C) groups is 1. The molecule has 0 amide bonds. The minimum atomic E-state index is 0. The van der Waals surface area contributed by atoms with E-state index in [0.717, 1.165) is 25.0 Å². The van der Waals surface area contributed by atoms with Crippen molar-refractivity contribution in [3.8, 4) is 0 Å². The molecule has 1 saturated carbocycles. The average Bonchev–Trinajstić information content (AvgIpc) is 2.91. The second-order valence-corrected chi connectivity index (χ2v) is 5.87. The van der Waals surface area contributed by atoms with Gasteiger partial charge in [0, 0.05) is 18.1 Å². The van der Waals surface area contributed by atoms with Crippen LogP contribution in [-0.2, 0) is 0 Å². The molecule has 2 atom stereocenters. The Morgan fingerprint density at radius 2 is 1.94 bits per heavy atom. The number of nitrogens with zero attached hydrogens (tertiary/aromatic N) is 2. The van der Waals surface area contributed by atoms with Crippen LogP contribution in [0.2, 0.25) is 0 Å². The fourth-order valence-corrected chi connectivity index (χ4v) is 1.43. The van der Waals surface area contributed by atoms with Crippen LogP contribution >= 0.6 is 24.0 Å². The van der Waals surface area contributed by atoms with Crippen molar-refractivity contribution in [2.24, 2.45) is 10.9 Å². The van der Waals surface area contributed by atoms with Gasteiger partial charge in [-0.25, -0.2) is 0 Å². The summed E-state index contributed by atoms with van der Waals surface area (Å²) < 4.78 is 0. The summed E-state index contributed by atoms with van der Waals surface area (Å²) >= 11 is 0. The van der Waals surface area contributed by atoms with Crippen LogP contribution < -0.4 is 10.6 Å². The van der Waals surface area contributed by atoms with Gasteiger partial charge >= 0.3 is 0 Å². The molecule has 4 nitrogen and oxygen atoms in total. The van der Waals surface area contributed by atoms with Crippen molar-refractivity contribution in [2.45, 2.75) is 45.7 Å². The zero-order valence-electron chi connectivity index (χ0n) is 12.6. The molecule has 2 N–H and O–H groups in total. The highest BCUT2D eigenvalue weighted by Gasteiger charge is 2.33. The number of rotatable bonds is 5. The van der Waals surface area contributed by atoms with Crippen LogP contribution in [0.15, 0.2) is 4.99 Å². The van der Waals surface area contributed by atoms with E-state index in [0.29, 0.717) is 6.04 Å². The lowest BCUT2D eigenvalue weighted by Gasteiger charge is -2.31. The van der Waals surface area contributed by atoms with E-state index >= 15 is 0 Å². The monoisotopic (exact) mass is 368 g/mol. The Hall–Kier alpha value is -0.0400. The predicted molar refractivity (Wildman–Crippen MR) is 89.9 cm³/mol. The zero-order valence-corrected chi connectivity index (χ0v) is 14.9.